The standard InChI is InChI=1S/C6H7N3/c1-2-5-6(7)9-4-3-8-5/h2-4,7H,1H3/b5-2+,7-6?. The second-order valence-electron chi connectivity index (χ2n) is 1.58. The maximum atomic E-state index is 7.17. The van der Waals surface area contributed by atoms with Gasteiger partial charge in [-0.05, 0) is 6.92 Å². The lowest BCUT2D eigenvalue weighted by Gasteiger charge is -1.98. The van der Waals surface area contributed by atoms with Crippen molar-refractivity contribution < 1.29 is 0 Å². The summed E-state index contributed by atoms with van der Waals surface area (Å²) >= 11 is 0. The van der Waals surface area contributed by atoms with Gasteiger partial charge in [-0.15, -0.1) is 0 Å². The quantitative estimate of drug-likeness (QED) is 0.497. The first-order valence-electron chi connectivity index (χ1n) is 2.66. The minimum absolute atomic E-state index is 0.236. The molecular weight excluding hydrogens is 114 g/mol. The summed E-state index contributed by atoms with van der Waals surface area (Å²) in [5, 5.41) is 7.17. The number of nitrogens with one attached hydrogen (secondary N) is 1. The lowest BCUT2D eigenvalue weighted by atomic mass is 10.3. The van der Waals surface area contributed by atoms with Gasteiger partial charge in [-0.2, -0.15) is 0 Å². The molecule has 0 aromatic rings. The van der Waals surface area contributed by atoms with E-state index in [-0.39, 0.29) is 5.84 Å². The number of amidine groups is 1. The van der Waals surface area contributed by atoms with Gasteiger partial charge in [0.2, 0.25) is 0 Å². The summed E-state index contributed by atoms with van der Waals surface area (Å²) in [6, 6.07) is 0. The molecule has 9 heavy (non-hydrogen) atoms. The third-order valence-electron chi connectivity index (χ3n) is 1.000. The summed E-state index contributed by atoms with van der Waals surface area (Å²) in [4.78, 5) is 7.61. The Labute approximate surface area is 53.3 Å². The van der Waals surface area contributed by atoms with Gasteiger partial charge in [0.05, 0.1) is 0 Å². The van der Waals surface area contributed by atoms with E-state index in [4.69, 9.17) is 5.41 Å². The average molecular weight is 121 g/mol. The molecule has 1 heterocycles. The monoisotopic (exact) mass is 121 g/mol. The molecular formula is C6H7N3. The SMILES string of the molecule is C/C=C1/N=CC=NC1=N. The number of allylic oxidation sites excluding steroid dienone is 1. The smallest absolute Gasteiger partial charge is 0.170 e. The van der Waals surface area contributed by atoms with Gasteiger partial charge in [0.25, 0.3) is 0 Å². The van der Waals surface area contributed by atoms with Crippen molar-refractivity contribution in [3.63, 3.8) is 0 Å². The zero-order valence-corrected chi connectivity index (χ0v) is 5.13. The van der Waals surface area contributed by atoms with Crippen LogP contribution in [0.2, 0.25) is 0 Å². The van der Waals surface area contributed by atoms with Gasteiger partial charge >= 0.3 is 0 Å². The molecule has 3 heteroatoms. The van der Waals surface area contributed by atoms with Crippen LogP contribution in [-0.2, 0) is 0 Å². The maximum absolute atomic E-state index is 7.17. The van der Waals surface area contributed by atoms with Crippen LogP contribution in [0.1, 0.15) is 6.92 Å². The molecule has 0 atom stereocenters. The number of nitrogens with zero attached hydrogens (tertiary/aromatic N) is 2. The molecule has 1 aliphatic heterocycles. The highest BCUT2D eigenvalue weighted by Gasteiger charge is 2.00. The van der Waals surface area contributed by atoms with E-state index in [2.05, 4.69) is 9.98 Å². The van der Waals surface area contributed by atoms with Crippen molar-refractivity contribution in [3.05, 3.63) is 11.8 Å². The fourth-order valence-corrected chi connectivity index (χ4v) is 0.560. The van der Waals surface area contributed by atoms with Crippen LogP contribution >= 0.6 is 0 Å². The highest BCUT2D eigenvalue weighted by atomic mass is 14.9. The molecule has 3 nitrogen and oxygen atoms in total. The Morgan fingerprint density at radius 1 is 1.44 bits per heavy atom. The Morgan fingerprint density at radius 2 is 2.11 bits per heavy atom. The van der Waals surface area contributed by atoms with E-state index in [1.807, 2.05) is 6.92 Å². The zero-order chi connectivity index (χ0) is 6.69. The van der Waals surface area contributed by atoms with Crippen molar-refractivity contribution in [3.8, 4) is 0 Å². The van der Waals surface area contributed by atoms with Crippen LogP contribution < -0.4 is 0 Å². The molecule has 1 aliphatic rings. The Kier molecular flexibility index (Phi) is 1.53. The highest BCUT2D eigenvalue weighted by Crippen LogP contribution is 2.00. The molecule has 0 saturated carbocycles. The lowest BCUT2D eigenvalue weighted by Crippen LogP contribution is -2.01. The van der Waals surface area contributed by atoms with Gasteiger partial charge in [0, 0.05) is 12.4 Å². The van der Waals surface area contributed by atoms with Crippen LogP contribution in [0.5, 0.6) is 0 Å². The van der Waals surface area contributed by atoms with Crippen molar-refractivity contribution in [2.45, 2.75) is 6.92 Å². The van der Waals surface area contributed by atoms with E-state index < -0.39 is 0 Å². The molecule has 0 fully saturated rings. The summed E-state index contributed by atoms with van der Waals surface area (Å²) < 4.78 is 0. The molecule has 1 rings (SSSR count). The van der Waals surface area contributed by atoms with E-state index >= 15 is 0 Å². The van der Waals surface area contributed by atoms with Crippen molar-refractivity contribution in [2.24, 2.45) is 9.98 Å². The van der Waals surface area contributed by atoms with Crippen molar-refractivity contribution in [2.75, 3.05) is 0 Å². The molecule has 1 N–H and O–H groups in total. The molecule has 0 bridgehead atoms. The molecule has 0 amide bonds. The van der Waals surface area contributed by atoms with Crippen molar-refractivity contribution in [1.29, 1.82) is 5.41 Å². The van der Waals surface area contributed by atoms with Crippen LogP contribution in [0, 0.1) is 5.41 Å². The topological polar surface area (TPSA) is 48.6 Å². The first-order valence-corrected chi connectivity index (χ1v) is 2.66. The van der Waals surface area contributed by atoms with Crippen LogP contribution in [0.4, 0.5) is 0 Å². The van der Waals surface area contributed by atoms with Gasteiger partial charge in [0.15, 0.2) is 5.84 Å². The Bertz CT molecular complexity index is 210. The molecule has 0 saturated heterocycles. The van der Waals surface area contributed by atoms with Gasteiger partial charge in [-0.3, -0.25) is 10.4 Å². The highest BCUT2D eigenvalue weighted by molar-refractivity contribution is 6.24. The fraction of sp³-hybridized carbons (Fsp3) is 0.167. The summed E-state index contributed by atoms with van der Waals surface area (Å²) in [6.07, 6.45) is 4.85. The van der Waals surface area contributed by atoms with E-state index in [0.717, 1.165) is 0 Å². The molecule has 0 aromatic carbocycles. The molecule has 0 aromatic heterocycles. The van der Waals surface area contributed by atoms with Gasteiger partial charge in [-0.1, -0.05) is 6.08 Å². The van der Waals surface area contributed by atoms with E-state index in [1.165, 1.54) is 6.21 Å². The first-order chi connectivity index (χ1) is 4.34. The Balaban J connectivity index is 2.91. The first kappa shape index (κ1) is 5.88. The largest absolute Gasteiger partial charge is 0.281 e. The average Bonchev–Trinajstić information content (AvgIpc) is 1.89. The molecule has 0 spiro atoms. The molecule has 0 aliphatic carbocycles. The van der Waals surface area contributed by atoms with Gasteiger partial charge < -0.3 is 0 Å². The molecule has 0 unspecified atom stereocenters. The molecule has 0 radical (unpaired) electrons. The number of hydrogen-bond donors (Lipinski definition) is 1. The van der Waals surface area contributed by atoms with Crippen LogP contribution in [0.3, 0.4) is 0 Å². The third kappa shape index (κ3) is 1.10. The minimum atomic E-state index is 0.236. The van der Waals surface area contributed by atoms with Crippen molar-refractivity contribution >= 4 is 18.3 Å². The number of aliphatic imine (C=N–C) groups is 2. The van der Waals surface area contributed by atoms with E-state index in [1.54, 1.807) is 12.3 Å². The predicted molar refractivity (Wildman–Crippen MR) is 38.5 cm³/mol. The summed E-state index contributed by atoms with van der Waals surface area (Å²) in [7, 11) is 0. The fourth-order valence-electron chi connectivity index (χ4n) is 0.560. The van der Waals surface area contributed by atoms with Crippen LogP contribution in [0.25, 0.3) is 0 Å². The second kappa shape index (κ2) is 2.35. The second-order valence-corrected chi connectivity index (χ2v) is 1.58. The number of rotatable bonds is 0. The summed E-state index contributed by atoms with van der Waals surface area (Å²) in [6.45, 7) is 1.84. The summed E-state index contributed by atoms with van der Waals surface area (Å²) in [5.74, 6) is 0.236. The molecule has 46 valence electrons. The zero-order valence-electron chi connectivity index (χ0n) is 5.13. The summed E-state index contributed by atoms with van der Waals surface area (Å²) in [5.41, 5.74) is 0.637. The van der Waals surface area contributed by atoms with E-state index in [9.17, 15) is 0 Å². The number of hydrogen-bond acceptors (Lipinski definition) is 2. The van der Waals surface area contributed by atoms with Gasteiger partial charge in [0.1, 0.15) is 5.70 Å². The van der Waals surface area contributed by atoms with Crippen molar-refractivity contribution in [1.82, 2.24) is 0 Å². The Morgan fingerprint density at radius 3 is 2.56 bits per heavy atom. The normalized spacial score (nSPS) is 21.4. The van der Waals surface area contributed by atoms with Crippen LogP contribution in [0.15, 0.2) is 21.8 Å². The maximum Gasteiger partial charge on any atom is 0.170 e. The third-order valence-corrected chi connectivity index (χ3v) is 1.000. The minimum Gasteiger partial charge on any atom is -0.281 e. The Hall–Kier alpha value is -1.25. The lowest BCUT2D eigenvalue weighted by molar-refractivity contribution is 1.33. The van der Waals surface area contributed by atoms with E-state index in [0.29, 0.717) is 5.70 Å². The van der Waals surface area contributed by atoms with Crippen LogP contribution in [-0.4, -0.2) is 18.3 Å². The van der Waals surface area contributed by atoms with Gasteiger partial charge in [-0.25, -0.2) is 4.99 Å². The predicted octanol–water partition coefficient (Wildman–Crippen LogP) is 1.02.